The molecule has 0 radical (unpaired) electrons. The fraction of sp³-hybridized carbons (Fsp3) is 0.158. The van der Waals surface area contributed by atoms with Gasteiger partial charge in [-0.2, -0.15) is 0 Å². The van der Waals surface area contributed by atoms with Crippen LogP contribution in [0.5, 0.6) is 0 Å². The molecule has 24 heavy (non-hydrogen) atoms. The maximum atomic E-state index is 4.65. The quantitative estimate of drug-likeness (QED) is 0.597. The Morgan fingerprint density at radius 2 is 2.00 bits per heavy atom. The van der Waals surface area contributed by atoms with E-state index in [1.54, 1.807) is 11.3 Å². The number of nitrogens with one attached hydrogen (secondary N) is 1. The molecule has 2 aromatic heterocycles. The molecule has 0 bridgehead atoms. The molecule has 118 valence electrons. The standard InChI is InChI=1S/C19H16N4S/c1-2-4-14-10-23(8-7-13(14)3-1)15-5-6-16-17(9-15)22-19(21-16)18-11-24-12-20-18/h1-6,9,11-12H,7-8,10H2,(H,21,22). The molecule has 0 aliphatic carbocycles. The van der Waals surface area contributed by atoms with Gasteiger partial charge in [0, 0.05) is 24.2 Å². The lowest BCUT2D eigenvalue weighted by Crippen LogP contribution is -2.30. The van der Waals surface area contributed by atoms with Crippen LogP contribution in [0.15, 0.2) is 53.4 Å². The molecular formula is C19H16N4S. The predicted octanol–water partition coefficient (Wildman–Crippen LogP) is 4.25. The Morgan fingerprint density at radius 1 is 1.08 bits per heavy atom. The SMILES string of the molecule is c1ccc2c(c1)CCN(c1ccc3nc(-c4cscn4)[nH]c3c1)C2. The van der Waals surface area contributed by atoms with Crippen LogP contribution in [0.25, 0.3) is 22.6 Å². The van der Waals surface area contributed by atoms with Crippen molar-refractivity contribution in [1.29, 1.82) is 0 Å². The highest BCUT2D eigenvalue weighted by atomic mass is 32.1. The van der Waals surface area contributed by atoms with Crippen LogP contribution in [-0.4, -0.2) is 21.5 Å². The topological polar surface area (TPSA) is 44.8 Å². The van der Waals surface area contributed by atoms with Crippen molar-refractivity contribution in [2.75, 3.05) is 11.4 Å². The van der Waals surface area contributed by atoms with E-state index in [1.807, 2.05) is 10.9 Å². The molecular weight excluding hydrogens is 316 g/mol. The summed E-state index contributed by atoms with van der Waals surface area (Å²) in [7, 11) is 0. The summed E-state index contributed by atoms with van der Waals surface area (Å²) in [4.78, 5) is 14.8. The molecule has 3 heterocycles. The first-order chi connectivity index (χ1) is 11.9. The van der Waals surface area contributed by atoms with Crippen molar-refractivity contribution in [3.8, 4) is 11.5 Å². The van der Waals surface area contributed by atoms with Crippen LogP contribution in [0.2, 0.25) is 0 Å². The second-order valence-electron chi connectivity index (χ2n) is 6.10. The normalized spacial score (nSPS) is 14.1. The highest BCUT2D eigenvalue weighted by Crippen LogP contribution is 2.28. The fourth-order valence-electron chi connectivity index (χ4n) is 3.36. The van der Waals surface area contributed by atoms with E-state index in [0.717, 1.165) is 42.1 Å². The van der Waals surface area contributed by atoms with Gasteiger partial charge in [-0.3, -0.25) is 0 Å². The molecule has 2 aromatic carbocycles. The van der Waals surface area contributed by atoms with Crippen molar-refractivity contribution >= 4 is 28.1 Å². The van der Waals surface area contributed by atoms with E-state index >= 15 is 0 Å². The zero-order valence-corrected chi connectivity index (χ0v) is 13.9. The number of nitrogens with zero attached hydrogens (tertiary/aromatic N) is 3. The van der Waals surface area contributed by atoms with Crippen molar-refractivity contribution < 1.29 is 0 Å². The molecule has 0 fully saturated rings. The molecule has 0 spiro atoms. The van der Waals surface area contributed by atoms with Crippen LogP contribution in [0, 0.1) is 0 Å². The van der Waals surface area contributed by atoms with Crippen LogP contribution in [0.4, 0.5) is 5.69 Å². The summed E-state index contributed by atoms with van der Waals surface area (Å²) in [6.45, 7) is 2.02. The van der Waals surface area contributed by atoms with E-state index in [0.29, 0.717) is 0 Å². The largest absolute Gasteiger partial charge is 0.367 e. The summed E-state index contributed by atoms with van der Waals surface area (Å²) in [5, 5.41) is 2.01. The maximum absolute atomic E-state index is 4.65. The summed E-state index contributed by atoms with van der Waals surface area (Å²) in [6.07, 6.45) is 1.10. The van der Waals surface area contributed by atoms with Crippen LogP contribution >= 0.6 is 11.3 Å². The monoisotopic (exact) mass is 332 g/mol. The van der Waals surface area contributed by atoms with Crippen molar-refractivity contribution in [2.24, 2.45) is 0 Å². The summed E-state index contributed by atoms with van der Waals surface area (Å²) in [5.41, 5.74) is 8.93. The average Bonchev–Trinajstić information content (AvgIpc) is 3.29. The van der Waals surface area contributed by atoms with E-state index in [4.69, 9.17) is 0 Å². The van der Waals surface area contributed by atoms with Gasteiger partial charge >= 0.3 is 0 Å². The number of hydrogen-bond acceptors (Lipinski definition) is 4. The molecule has 1 aliphatic heterocycles. The molecule has 0 saturated carbocycles. The van der Waals surface area contributed by atoms with Gasteiger partial charge in [-0.15, -0.1) is 11.3 Å². The third-order valence-corrected chi connectivity index (χ3v) is 5.22. The molecule has 4 nitrogen and oxygen atoms in total. The highest BCUT2D eigenvalue weighted by Gasteiger charge is 2.17. The Balaban J connectivity index is 1.50. The van der Waals surface area contributed by atoms with Crippen LogP contribution in [0.3, 0.4) is 0 Å². The number of anilines is 1. The van der Waals surface area contributed by atoms with Gasteiger partial charge in [-0.25, -0.2) is 9.97 Å². The number of H-pyrrole nitrogens is 1. The third kappa shape index (κ3) is 2.29. The fourth-order valence-corrected chi connectivity index (χ4v) is 3.90. The van der Waals surface area contributed by atoms with E-state index in [2.05, 4.69) is 62.3 Å². The van der Waals surface area contributed by atoms with Crippen molar-refractivity contribution in [3.63, 3.8) is 0 Å². The van der Waals surface area contributed by atoms with Gasteiger partial charge in [0.05, 0.1) is 16.5 Å². The summed E-state index contributed by atoms with van der Waals surface area (Å²) >= 11 is 1.58. The van der Waals surface area contributed by atoms with Gasteiger partial charge in [-0.05, 0) is 35.7 Å². The van der Waals surface area contributed by atoms with Gasteiger partial charge in [0.1, 0.15) is 5.69 Å². The zero-order chi connectivity index (χ0) is 15.9. The zero-order valence-electron chi connectivity index (χ0n) is 13.1. The molecule has 0 unspecified atom stereocenters. The lowest BCUT2D eigenvalue weighted by molar-refractivity contribution is 0.732. The van der Waals surface area contributed by atoms with Gasteiger partial charge in [0.2, 0.25) is 0 Å². The van der Waals surface area contributed by atoms with Crippen LogP contribution in [-0.2, 0) is 13.0 Å². The maximum Gasteiger partial charge on any atom is 0.158 e. The number of imidazole rings is 1. The Bertz CT molecular complexity index is 1000. The van der Waals surface area contributed by atoms with Crippen LogP contribution < -0.4 is 4.90 Å². The molecule has 5 rings (SSSR count). The number of thiazole rings is 1. The van der Waals surface area contributed by atoms with Gasteiger partial charge in [0.25, 0.3) is 0 Å². The van der Waals surface area contributed by atoms with Crippen molar-refractivity contribution in [1.82, 2.24) is 15.0 Å². The Hall–Kier alpha value is -2.66. The number of rotatable bonds is 2. The summed E-state index contributed by atoms with van der Waals surface area (Å²) in [6, 6.07) is 15.2. The first kappa shape index (κ1) is 13.7. The second-order valence-corrected chi connectivity index (χ2v) is 6.82. The van der Waals surface area contributed by atoms with Crippen molar-refractivity contribution in [2.45, 2.75) is 13.0 Å². The van der Waals surface area contributed by atoms with Crippen LogP contribution in [0.1, 0.15) is 11.1 Å². The number of hydrogen-bond donors (Lipinski definition) is 1. The Morgan fingerprint density at radius 3 is 2.88 bits per heavy atom. The molecule has 5 heteroatoms. The highest BCUT2D eigenvalue weighted by molar-refractivity contribution is 7.07. The van der Waals surface area contributed by atoms with Crippen molar-refractivity contribution in [3.05, 3.63) is 64.5 Å². The lowest BCUT2D eigenvalue weighted by Gasteiger charge is -2.30. The minimum absolute atomic E-state index is 0.840. The average molecular weight is 332 g/mol. The Kier molecular flexibility index (Phi) is 3.13. The minimum Gasteiger partial charge on any atom is -0.367 e. The smallest absolute Gasteiger partial charge is 0.158 e. The number of aromatic amines is 1. The number of aromatic nitrogens is 3. The van der Waals surface area contributed by atoms with E-state index in [9.17, 15) is 0 Å². The molecule has 1 aliphatic rings. The molecule has 0 saturated heterocycles. The van der Waals surface area contributed by atoms with Gasteiger partial charge < -0.3 is 9.88 Å². The molecule has 0 atom stereocenters. The third-order valence-electron chi connectivity index (χ3n) is 4.64. The Labute approximate surface area is 143 Å². The van der Waals surface area contributed by atoms with E-state index < -0.39 is 0 Å². The van der Waals surface area contributed by atoms with Gasteiger partial charge in [-0.1, -0.05) is 24.3 Å². The number of benzene rings is 2. The predicted molar refractivity (Wildman–Crippen MR) is 98.4 cm³/mol. The number of fused-ring (bicyclic) bond motifs is 2. The summed E-state index contributed by atoms with van der Waals surface area (Å²) in [5.74, 6) is 0.840. The molecule has 4 aromatic rings. The first-order valence-electron chi connectivity index (χ1n) is 8.07. The van der Waals surface area contributed by atoms with E-state index in [-0.39, 0.29) is 0 Å². The molecule has 0 amide bonds. The first-order valence-corrected chi connectivity index (χ1v) is 9.01. The van der Waals surface area contributed by atoms with Gasteiger partial charge in [0.15, 0.2) is 5.82 Å². The minimum atomic E-state index is 0.840. The molecule has 1 N–H and O–H groups in total. The second kappa shape index (κ2) is 5.46. The lowest BCUT2D eigenvalue weighted by atomic mass is 9.99. The van der Waals surface area contributed by atoms with E-state index in [1.165, 1.54) is 16.8 Å². The summed E-state index contributed by atoms with van der Waals surface area (Å²) < 4.78 is 0.